The summed E-state index contributed by atoms with van der Waals surface area (Å²) in [6.45, 7) is 4.05. The SMILES string of the molecule is CCCCOC(=O)N[C@H](C(=O)O)C(C)c1ccccc1. The van der Waals surface area contributed by atoms with E-state index in [-0.39, 0.29) is 5.92 Å². The zero-order valence-corrected chi connectivity index (χ0v) is 11.8. The van der Waals surface area contributed by atoms with Gasteiger partial charge in [0.2, 0.25) is 0 Å². The van der Waals surface area contributed by atoms with Gasteiger partial charge < -0.3 is 15.2 Å². The lowest BCUT2D eigenvalue weighted by Gasteiger charge is -2.21. The summed E-state index contributed by atoms with van der Waals surface area (Å²) in [6, 6.07) is 8.20. The average Bonchev–Trinajstić information content (AvgIpc) is 2.45. The third kappa shape index (κ3) is 4.91. The number of benzene rings is 1. The van der Waals surface area contributed by atoms with Crippen LogP contribution in [0.3, 0.4) is 0 Å². The number of alkyl carbamates (subject to hydrolysis) is 1. The first-order chi connectivity index (χ1) is 9.56. The van der Waals surface area contributed by atoms with E-state index in [1.54, 1.807) is 6.92 Å². The lowest BCUT2D eigenvalue weighted by Crippen LogP contribution is -2.44. The van der Waals surface area contributed by atoms with Gasteiger partial charge in [-0.15, -0.1) is 0 Å². The maximum absolute atomic E-state index is 11.6. The van der Waals surface area contributed by atoms with Gasteiger partial charge in [-0.3, -0.25) is 0 Å². The van der Waals surface area contributed by atoms with Crippen molar-refractivity contribution in [2.24, 2.45) is 0 Å². The lowest BCUT2D eigenvalue weighted by molar-refractivity contribution is -0.139. The highest BCUT2D eigenvalue weighted by molar-refractivity contribution is 5.81. The van der Waals surface area contributed by atoms with Crippen LogP contribution in [0.2, 0.25) is 0 Å². The van der Waals surface area contributed by atoms with Crippen LogP contribution in [0.1, 0.15) is 38.2 Å². The molecular formula is C15H21NO4. The molecule has 0 spiro atoms. The number of carbonyl (C=O) groups is 2. The number of carboxylic acid groups (broad SMARTS) is 1. The molecule has 1 rings (SSSR count). The summed E-state index contributed by atoms with van der Waals surface area (Å²) >= 11 is 0. The second-order valence-electron chi connectivity index (χ2n) is 4.65. The van der Waals surface area contributed by atoms with Crippen LogP contribution < -0.4 is 5.32 Å². The van der Waals surface area contributed by atoms with Gasteiger partial charge in [0.1, 0.15) is 6.04 Å². The molecule has 0 fully saturated rings. The molecule has 0 heterocycles. The van der Waals surface area contributed by atoms with E-state index in [9.17, 15) is 14.7 Å². The summed E-state index contributed by atoms with van der Waals surface area (Å²) in [5.41, 5.74) is 0.855. The van der Waals surface area contributed by atoms with Crippen molar-refractivity contribution in [3.05, 3.63) is 35.9 Å². The molecule has 2 N–H and O–H groups in total. The second kappa shape index (κ2) is 8.19. The van der Waals surface area contributed by atoms with Crippen LogP contribution in [-0.2, 0) is 9.53 Å². The van der Waals surface area contributed by atoms with Crippen LogP contribution in [0.5, 0.6) is 0 Å². The van der Waals surface area contributed by atoms with Crippen molar-refractivity contribution in [2.45, 2.75) is 38.6 Å². The topological polar surface area (TPSA) is 75.6 Å². The molecule has 0 saturated heterocycles. The zero-order valence-electron chi connectivity index (χ0n) is 11.8. The normalized spacial score (nSPS) is 13.3. The fraction of sp³-hybridized carbons (Fsp3) is 0.467. The fourth-order valence-corrected chi connectivity index (χ4v) is 1.83. The standard InChI is InChI=1S/C15H21NO4/c1-3-4-10-20-15(19)16-13(14(17)18)11(2)12-8-6-5-7-9-12/h5-9,11,13H,3-4,10H2,1-2H3,(H,16,19)(H,17,18)/t11?,13-/m0/s1. The summed E-state index contributed by atoms with van der Waals surface area (Å²) in [5, 5.41) is 11.7. The van der Waals surface area contributed by atoms with Crippen molar-refractivity contribution in [1.29, 1.82) is 0 Å². The summed E-state index contributed by atoms with van der Waals surface area (Å²) in [4.78, 5) is 22.9. The number of carbonyl (C=O) groups excluding carboxylic acids is 1. The fourth-order valence-electron chi connectivity index (χ4n) is 1.83. The van der Waals surface area contributed by atoms with Gasteiger partial charge >= 0.3 is 12.1 Å². The maximum Gasteiger partial charge on any atom is 0.407 e. The van der Waals surface area contributed by atoms with Crippen molar-refractivity contribution >= 4 is 12.1 Å². The maximum atomic E-state index is 11.6. The number of carboxylic acids is 1. The van der Waals surface area contributed by atoms with E-state index in [1.165, 1.54) is 0 Å². The van der Waals surface area contributed by atoms with Crippen LogP contribution in [-0.4, -0.2) is 29.8 Å². The minimum absolute atomic E-state index is 0.300. The summed E-state index contributed by atoms with van der Waals surface area (Å²) in [7, 11) is 0. The zero-order chi connectivity index (χ0) is 15.0. The summed E-state index contributed by atoms with van der Waals surface area (Å²) in [5.74, 6) is -1.42. The van der Waals surface area contributed by atoms with Crippen LogP contribution in [0.25, 0.3) is 0 Å². The summed E-state index contributed by atoms with van der Waals surface area (Å²) < 4.78 is 4.94. The Balaban J connectivity index is 2.65. The minimum atomic E-state index is -1.08. The Hall–Kier alpha value is -2.04. The number of rotatable bonds is 7. The molecule has 0 aliphatic carbocycles. The third-order valence-electron chi connectivity index (χ3n) is 3.10. The Morgan fingerprint density at radius 1 is 1.30 bits per heavy atom. The van der Waals surface area contributed by atoms with E-state index < -0.39 is 18.1 Å². The van der Waals surface area contributed by atoms with Gasteiger partial charge in [0.05, 0.1) is 6.61 Å². The van der Waals surface area contributed by atoms with Crippen LogP contribution in [0.4, 0.5) is 4.79 Å². The third-order valence-corrected chi connectivity index (χ3v) is 3.10. The highest BCUT2D eigenvalue weighted by Gasteiger charge is 2.28. The first kappa shape index (κ1) is 16.0. The Morgan fingerprint density at radius 3 is 2.50 bits per heavy atom. The molecule has 2 atom stereocenters. The van der Waals surface area contributed by atoms with Gasteiger partial charge in [-0.2, -0.15) is 0 Å². The van der Waals surface area contributed by atoms with Crippen molar-refractivity contribution in [3.63, 3.8) is 0 Å². The van der Waals surface area contributed by atoms with E-state index in [4.69, 9.17) is 4.74 Å². The molecule has 0 aliphatic heterocycles. The molecule has 110 valence electrons. The number of hydrogen-bond donors (Lipinski definition) is 2. The monoisotopic (exact) mass is 279 g/mol. The van der Waals surface area contributed by atoms with Gasteiger partial charge in [0, 0.05) is 5.92 Å². The van der Waals surface area contributed by atoms with Crippen molar-refractivity contribution in [3.8, 4) is 0 Å². The van der Waals surface area contributed by atoms with Crippen molar-refractivity contribution in [1.82, 2.24) is 5.32 Å². The lowest BCUT2D eigenvalue weighted by atomic mass is 9.93. The predicted molar refractivity (Wildman–Crippen MR) is 75.7 cm³/mol. The number of unbranched alkanes of at least 4 members (excludes halogenated alkanes) is 1. The Labute approximate surface area is 118 Å². The largest absolute Gasteiger partial charge is 0.480 e. The van der Waals surface area contributed by atoms with Gasteiger partial charge in [0.15, 0.2) is 0 Å². The van der Waals surface area contributed by atoms with Gasteiger partial charge in [-0.25, -0.2) is 9.59 Å². The average molecular weight is 279 g/mol. The van der Waals surface area contributed by atoms with Crippen LogP contribution in [0, 0.1) is 0 Å². The molecule has 20 heavy (non-hydrogen) atoms. The van der Waals surface area contributed by atoms with E-state index in [0.29, 0.717) is 6.61 Å². The van der Waals surface area contributed by atoms with Crippen LogP contribution in [0.15, 0.2) is 30.3 Å². The number of amides is 1. The number of ether oxygens (including phenoxy) is 1. The minimum Gasteiger partial charge on any atom is -0.480 e. The molecule has 0 aromatic heterocycles. The van der Waals surface area contributed by atoms with Gasteiger partial charge in [0.25, 0.3) is 0 Å². The highest BCUT2D eigenvalue weighted by atomic mass is 16.5. The molecule has 0 aliphatic rings. The Bertz CT molecular complexity index is 433. The number of hydrogen-bond acceptors (Lipinski definition) is 3. The van der Waals surface area contributed by atoms with Gasteiger partial charge in [-0.05, 0) is 12.0 Å². The first-order valence-corrected chi connectivity index (χ1v) is 6.77. The Morgan fingerprint density at radius 2 is 1.95 bits per heavy atom. The van der Waals surface area contributed by atoms with E-state index in [1.807, 2.05) is 37.3 Å². The molecule has 5 heteroatoms. The quantitative estimate of drug-likeness (QED) is 0.752. The first-order valence-electron chi connectivity index (χ1n) is 6.77. The molecule has 0 bridgehead atoms. The molecule has 1 unspecified atom stereocenters. The molecule has 0 radical (unpaired) electrons. The molecule has 1 amide bonds. The van der Waals surface area contributed by atoms with Crippen LogP contribution >= 0.6 is 0 Å². The van der Waals surface area contributed by atoms with Crippen molar-refractivity contribution in [2.75, 3.05) is 6.61 Å². The van der Waals surface area contributed by atoms with Gasteiger partial charge in [-0.1, -0.05) is 50.6 Å². The molecular weight excluding hydrogens is 258 g/mol. The second-order valence-corrected chi connectivity index (χ2v) is 4.65. The number of aliphatic carboxylic acids is 1. The molecule has 0 saturated carbocycles. The molecule has 1 aromatic rings. The molecule has 1 aromatic carbocycles. The smallest absolute Gasteiger partial charge is 0.407 e. The molecule has 5 nitrogen and oxygen atoms in total. The van der Waals surface area contributed by atoms with Crippen molar-refractivity contribution < 1.29 is 19.4 Å². The predicted octanol–water partition coefficient (Wildman–Crippen LogP) is 2.77. The van der Waals surface area contributed by atoms with E-state index in [0.717, 1.165) is 18.4 Å². The highest BCUT2D eigenvalue weighted by Crippen LogP contribution is 2.19. The van der Waals surface area contributed by atoms with E-state index >= 15 is 0 Å². The van der Waals surface area contributed by atoms with E-state index in [2.05, 4.69) is 5.32 Å². The summed E-state index contributed by atoms with van der Waals surface area (Å²) in [6.07, 6.45) is 0.990. The number of nitrogens with one attached hydrogen (secondary N) is 1. The Kier molecular flexibility index (Phi) is 6.56.